The van der Waals surface area contributed by atoms with Gasteiger partial charge in [0, 0.05) is 25.2 Å². The number of likely N-dealkylation sites (tertiary alicyclic amines) is 1. The van der Waals surface area contributed by atoms with Crippen molar-refractivity contribution >= 4 is 23.0 Å². The molecule has 2 atom stereocenters. The minimum atomic E-state index is -1.13. The molecule has 2 aromatic carbocycles. The van der Waals surface area contributed by atoms with Crippen LogP contribution in [0, 0.1) is 23.4 Å². The van der Waals surface area contributed by atoms with E-state index < -0.39 is 23.4 Å². The average Bonchev–Trinajstić information content (AvgIpc) is 3.49. The Morgan fingerprint density at radius 3 is 2.71 bits per heavy atom. The monoisotopic (exact) mass is 470 g/mol. The first-order valence-corrected chi connectivity index (χ1v) is 10.9. The lowest BCUT2D eigenvalue weighted by molar-refractivity contribution is 0.0538. The van der Waals surface area contributed by atoms with Gasteiger partial charge in [0.05, 0.1) is 24.0 Å². The molecule has 2 aromatic heterocycles. The normalized spacial score (nSPS) is 18.4. The van der Waals surface area contributed by atoms with Crippen LogP contribution >= 0.6 is 0 Å². The number of carbonyl (C=O) groups excluding carboxylic acids is 1. The lowest BCUT2D eigenvalue weighted by atomic mass is 9.90. The van der Waals surface area contributed by atoms with Gasteiger partial charge in [-0.15, -0.1) is 0 Å². The molecule has 34 heavy (non-hydrogen) atoms. The molecule has 0 aliphatic carbocycles. The number of nitrogens with zero attached hydrogens (tertiary/aromatic N) is 5. The highest BCUT2D eigenvalue weighted by molar-refractivity contribution is 5.98. The number of piperidine rings is 1. The van der Waals surface area contributed by atoms with Crippen LogP contribution in [0.2, 0.25) is 0 Å². The molecule has 1 N–H and O–H groups in total. The maximum atomic E-state index is 14.1. The summed E-state index contributed by atoms with van der Waals surface area (Å²) in [5, 5.41) is 11.0. The lowest BCUT2D eigenvalue weighted by Gasteiger charge is -2.40. The molecule has 1 amide bonds. The fourth-order valence-electron chi connectivity index (χ4n) is 4.35. The number of hydrogen-bond donors (Lipinski definition) is 1. The van der Waals surface area contributed by atoms with Gasteiger partial charge in [-0.3, -0.25) is 4.79 Å². The van der Waals surface area contributed by atoms with Crippen LogP contribution in [0.5, 0.6) is 0 Å². The van der Waals surface area contributed by atoms with E-state index in [2.05, 4.69) is 20.5 Å². The van der Waals surface area contributed by atoms with Crippen molar-refractivity contribution in [2.75, 3.05) is 18.4 Å². The third-order valence-corrected chi connectivity index (χ3v) is 6.09. The number of hydrogen-bond acceptors (Lipinski definition) is 6. The molecule has 2 unspecified atom stereocenters. The zero-order chi connectivity index (χ0) is 23.8. The second-order valence-electron chi connectivity index (χ2n) is 8.30. The van der Waals surface area contributed by atoms with Crippen molar-refractivity contribution in [2.24, 2.45) is 5.92 Å². The van der Waals surface area contributed by atoms with E-state index in [0.29, 0.717) is 24.2 Å². The van der Waals surface area contributed by atoms with Crippen molar-refractivity contribution in [3.63, 3.8) is 0 Å². The summed E-state index contributed by atoms with van der Waals surface area (Å²) < 4.78 is 47.2. The molecule has 4 aromatic rings. The van der Waals surface area contributed by atoms with Crippen LogP contribution in [0.4, 0.5) is 19.2 Å². The molecule has 0 bridgehead atoms. The smallest absolute Gasteiger partial charge is 0.295 e. The topological polar surface area (TPSA) is 89.1 Å². The van der Waals surface area contributed by atoms with Gasteiger partial charge in [-0.1, -0.05) is 6.92 Å². The van der Waals surface area contributed by atoms with Crippen LogP contribution in [-0.4, -0.2) is 49.9 Å². The number of rotatable bonds is 5. The summed E-state index contributed by atoms with van der Waals surface area (Å²) in [5.74, 6) is -2.98. The van der Waals surface area contributed by atoms with E-state index in [9.17, 15) is 18.0 Å². The molecule has 1 saturated heterocycles. The number of amides is 1. The van der Waals surface area contributed by atoms with Gasteiger partial charge in [-0.2, -0.15) is 20.0 Å². The van der Waals surface area contributed by atoms with E-state index in [0.717, 1.165) is 29.8 Å². The van der Waals surface area contributed by atoms with Crippen LogP contribution in [-0.2, 0) is 0 Å². The van der Waals surface area contributed by atoms with Crippen molar-refractivity contribution in [2.45, 2.75) is 25.8 Å². The van der Waals surface area contributed by atoms with E-state index in [-0.39, 0.29) is 29.2 Å². The second kappa shape index (κ2) is 8.81. The molecule has 3 heterocycles. The van der Waals surface area contributed by atoms with Gasteiger partial charge in [0.2, 0.25) is 0 Å². The third kappa shape index (κ3) is 4.09. The number of halogens is 3. The number of carbonyl (C=O) groups is 1. The van der Waals surface area contributed by atoms with Crippen LogP contribution in [0.1, 0.15) is 30.1 Å². The maximum absolute atomic E-state index is 14.1. The van der Waals surface area contributed by atoms with E-state index >= 15 is 0 Å². The minimum Gasteiger partial charge on any atom is -0.424 e. The van der Waals surface area contributed by atoms with Gasteiger partial charge in [-0.25, -0.2) is 13.2 Å². The van der Waals surface area contributed by atoms with Crippen LogP contribution in [0.15, 0.2) is 47.1 Å². The summed E-state index contributed by atoms with van der Waals surface area (Å²) >= 11 is 0. The highest BCUT2D eigenvalue weighted by atomic mass is 19.2. The zero-order valence-corrected chi connectivity index (χ0v) is 18.2. The molecular weight excluding hydrogens is 449 g/mol. The number of oxazole rings is 1. The highest BCUT2D eigenvalue weighted by Gasteiger charge is 2.34. The molecule has 0 radical (unpaired) electrons. The van der Waals surface area contributed by atoms with E-state index in [1.807, 2.05) is 6.92 Å². The van der Waals surface area contributed by atoms with E-state index in [4.69, 9.17) is 4.42 Å². The Morgan fingerprint density at radius 2 is 1.91 bits per heavy atom. The molecule has 11 heteroatoms. The predicted molar refractivity (Wildman–Crippen MR) is 117 cm³/mol. The SMILES string of the molecule is CC1CCCN(C(=O)c2cc(F)c(F)cc2-n2nccn2)C1CNc1nc2cc(F)ccc2o1. The number of anilines is 1. The molecule has 5 rings (SSSR count). The Kier molecular flexibility index (Phi) is 5.68. The van der Waals surface area contributed by atoms with E-state index in [1.165, 1.54) is 30.6 Å². The predicted octanol–water partition coefficient (Wildman–Crippen LogP) is 4.18. The van der Waals surface area contributed by atoms with Gasteiger partial charge in [0.1, 0.15) is 17.0 Å². The molecule has 1 aliphatic heterocycles. The summed E-state index contributed by atoms with van der Waals surface area (Å²) in [6.45, 7) is 2.77. The zero-order valence-electron chi connectivity index (χ0n) is 18.2. The fourth-order valence-corrected chi connectivity index (χ4v) is 4.35. The summed E-state index contributed by atoms with van der Waals surface area (Å²) in [6, 6.07) is 5.79. The van der Waals surface area contributed by atoms with Crippen molar-refractivity contribution in [1.29, 1.82) is 0 Å². The average molecular weight is 470 g/mol. The van der Waals surface area contributed by atoms with Crippen LogP contribution < -0.4 is 5.32 Å². The number of nitrogens with one attached hydrogen (secondary N) is 1. The van der Waals surface area contributed by atoms with Gasteiger partial charge < -0.3 is 14.6 Å². The van der Waals surface area contributed by atoms with Crippen molar-refractivity contribution < 1.29 is 22.4 Å². The van der Waals surface area contributed by atoms with Crippen molar-refractivity contribution in [3.05, 3.63) is 65.7 Å². The first-order valence-electron chi connectivity index (χ1n) is 10.9. The number of fused-ring (bicyclic) bond motifs is 1. The number of aromatic nitrogens is 4. The molecular formula is C23H21F3N6O2. The Balaban J connectivity index is 1.42. The minimum absolute atomic E-state index is 0.0356. The van der Waals surface area contributed by atoms with Crippen molar-refractivity contribution in [1.82, 2.24) is 24.9 Å². The van der Waals surface area contributed by atoms with Gasteiger partial charge in [-0.05, 0) is 37.0 Å². The maximum Gasteiger partial charge on any atom is 0.295 e. The van der Waals surface area contributed by atoms with Gasteiger partial charge in [0.15, 0.2) is 17.2 Å². The Hall–Kier alpha value is -3.89. The Bertz CT molecular complexity index is 1340. The first-order chi connectivity index (χ1) is 16.4. The first kappa shape index (κ1) is 21.9. The summed E-state index contributed by atoms with van der Waals surface area (Å²) in [4.78, 5) is 20.6. The summed E-state index contributed by atoms with van der Waals surface area (Å²) in [5.41, 5.74) is 0.836. The second-order valence-corrected chi connectivity index (χ2v) is 8.30. The lowest BCUT2D eigenvalue weighted by Crippen LogP contribution is -2.51. The largest absolute Gasteiger partial charge is 0.424 e. The van der Waals surface area contributed by atoms with Crippen molar-refractivity contribution in [3.8, 4) is 5.69 Å². The molecule has 1 aliphatic rings. The molecule has 8 nitrogen and oxygen atoms in total. The van der Waals surface area contributed by atoms with Crippen LogP contribution in [0.25, 0.3) is 16.8 Å². The Morgan fingerprint density at radius 1 is 1.15 bits per heavy atom. The standard InChI is InChI=1S/C23H21F3N6O2/c1-13-3-2-8-31(20(13)12-27-23-30-18-9-14(24)4-5-21(18)34-23)22(33)15-10-16(25)17(26)11-19(15)32-28-6-7-29-32/h4-7,9-11,13,20H,2-3,8,12H2,1H3,(H,27,30). The third-order valence-electron chi connectivity index (χ3n) is 6.09. The fraction of sp³-hybridized carbons (Fsp3) is 0.304. The quantitative estimate of drug-likeness (QED) is 0.471. The van der Waals surface area contributed by atoms with Gasteiger partial charge in [0.25, 0.3) is 11.9 Å². The highest BCUT2D eigenvalue weighted by Crippen LogP contribution is 2.28. The molecule has 176 valence electrons. The Labute approximate surface area is 192 Å². The number of benzene rings is 2. The van der Waals surface area contributed by atoms with E-state index in [1.54, 1.807) is 4.90 Å². The molecule has 1 fully saturated rings. The van der Waals surface area contributed by atoms with Crippen LogP contribution in [0.3, 0.4) is 0 Å². The molecule has 0 spiro atoms. The molecule has 0 saturated carbocycles. The van der Waals surface area contributed by atoms with Gasteiger partial charge >= 0.3 is 0 Å². The summed E-state index contributed by atoms with van der Waals surface area (Å²) in [6.07, 6.45) is 4.43. The summed E-state index contributed by atoms with van der Waals surface area (Å²) in [7, 11) is 0.